The average molecular weight is 381 g/mol. The molecule has 0 aromatic heterocycles. The molecule has 0 heterocycles. The van der Waals surface area contributed by atoms with Crippen molar-refractivity contribution in [3.05, 3.63) is 65.2 Å². The molecule has 1 aliphatic carbocycles. The van der Waals surface area contributed by atoms with Gasteiger partial charge in [0.25, 0.3) is 0 Å². The van der Waals surface area contributed by atoms with E-state index in [1.807, 2.05) is 49.4 Å². The second kappa shape index (κ2) is 9.40. The van der Waals surface area contributed by atoms with Gasteiger partial charge in [0.2, 0.25) is 5.91 Å². The first-order valence-electron chi connectivity index (χ1n) is 9.81. The van der Waals surface area contributed by atoms with Crippen LogP contribution in [0.4, 0.5) is 0 Å². The van der Waals surface area contributed by atoms with Crippen LogP contribution in [0.25, 0.3) is 0 Å². The number of aryl methyl sites for hydroxylation is 1. The molecular weight excluding hydrogens is 354 g/mol. The van der Waals surface area contributed by atoms with Gasteiger partial charge in [0.15, 0.2) is 0 Å². The number of carbonyl (C=O) groups is 2. The van der Waals surface area contributed by atoms with Gasteiger partial charge in [-0.05, 0) is 43.0 Å². The first kappa shape index (κ1) is 19.9. The fraction of sp³-hybridized carbons (Fsp3) is 0.391. The summed E-state index contributed by atoms with van der Waals surface area (Å²) in [6.07, 6.45) is 3.00. The maximum Gasteiger partial charge on any atom is 0.307 e. The van der Waals surface area contributed by atoms with Crippen LogP contribution in [0.1, 0.15) is 42.4 Å². The molecule has 1 saturated carbocycles. The van der Waals surface area contributed by atoms with Gasteiger partial charge >= 0.3 is 5.97 Å². The Bertz CT molecular complexity index is 833. The molecule has 1 amide bonds. The van der Waals surface area contributed by atoms with Crippen LogP contribution in [-0.4, -0.2) is 17.0 Å². The molecule has 5 nitrogen and oxygen atoms in total. The number of hydrogen-bond acceptors (Lipinski definition) is 3. The number of amides is 1. The van der Waals surface area contributed by atoms with E-state index in [1.54, 1.807) is 0 Å². The van der Waals surface area contributed by atoms with Crippen molar-refractivity contribution in [2.75, 3.05) is 0 Å². The zero-order chi connectivity index (χ0) is 19.9. The second-order valence-corrected chi connectivity index (χ2v) is 7.48. The molecule has 1 fully saturated rings. The van der Waals surface area contributed by atoms with Gasteiger partial charge in [-0.15, -0.1) is 0 Å². The largest absolute Gasteiger partial charge is 0.489 e. The van der Waals surface area contributed by atoms with Gasteiger partial charge in [0.1, 0.15) is 12.4 Å². The molecule has 2 aromatic rings. The van der Waals surface area contributed by atoms with E-state index in [4.69, 9.17) is 4.74 Å². The number of nitrogens with one attached hydrogen (secondary N) is 1. The first-order valence-corrected chi connectivity index (χ1v) is 9.81. The summed E-state index contributed by atoms with van der Waals surface area (Å²) in [5.41, 5.74) is 3.23. The molecule has 2 unspecified atom stereocenters. The monoisotopic (exact) mass is 381 g/mol. The maximum atomic E-state index is 12.5. The Morgan fingerprint density at radius 2 is 1.75 bits per heavy atom. The van der Waals surface area contributed by atoms with Crippen LogP contribution in [-0.2, 0) is 22.7 Å². The molecular formula is C23H27NO4. The predicted octanol–water partition coefficient (Wildman–Crippen LogP) is 4.08. The Morgan fingerprint density at radius 1 is 1.04 bits per heavy atom. The summed E-state index contributed by atoms with van der Waals surface area (Å²) in [4.78, 5) is 23.9. The molecule has 0 radical (unpaired) electrons. The molecule has 28 heavy (non-hydrogen) atoms. The zero-order valence-electron chi connectivity index (χ0n) is 16.2. The lowest BCUT2D eigenvalue weighted by molar-refractivity contribution is -0.148. The van der Waals surface area contributed by atoms with E-state index in [0.717, 1.165) is 29.7 Å². The van der Waals surface area contributed by atoms with Crippen LogP contribution >= 0.6 is 0 Å². The zero-order valence-corrected chi connectivity index (χ0v) is 16.2. The summed E-state index contributed by atoms with van der Waals surface area (Å²) >= 11 is 0. The topological polar surface area (TPSA) is 75.6 Å². The molecule has 5 heteroatoms. The highest BCUT2D eigenvalue weighted by Gasteiger charge is 2.35. The number of ether oxygens (including phenoxy) is 1. The quantitative estimate of drug-likeness (QED) is 0.758. The van der Waals surface area contributed by atoms with Crippen LogP contribution in [0, 0.1) is 18.8 Å². The lowest BCUT2D eigenvalue weighted by Gasteiger charge is -2.27. The highest BCUT2D eigenvalue weighted by molar-refractivity contribution is 5.84. The van der Waals surface area contributed by atoms with E-state index < -0.39 is 17.8 Å². The highest BCUT2D eigenvalue weighted by Crippen LogP contribution is 2.30. The standard InChI is InChI=1S/C23H27NO4/c1-16-6-4-8-18(12-16)15-28-19-9-5-7-17(13-19)14-24-22(25)20-10-2-3-11-21(20)23(26)27/h4-9,12-13,20-21H,2-3,10-11,14-15H2,1H3,(H,24,25)(H,26,27). The number of hydrogen-bond donors (Lipinski definition) is 2. The smallest absolute Gasteiger partial charge is 0.307 e. The minimum atomic E-state index is -0.869. The lowest BCUT2D eigenvalue weighted by atomic mass is 9.78. The van der Waals surface area contributed by atoms with E-state index in [1.165, 1.54) is 5.56 Å². The van der Waals surface area contributed by atoms with E-state index >= 15 is 0 Å². The molecule has 3 rings (SSSR count). The fourth-order valence-corrected chi connectivity index (χ4v) is 3.77. The van der Waals surface area contributed by atoms with Gasteiger partial charge in [-0.1, -0.05) is 54.8 Å². The van der Waals surface area contributed by atoms with Gasteiger partial charge in [0.05, 0.1) is 11.8 Å². The molecule has 0 spiro atoms. The number of rotatable bonds is 7. The SMILES string of the molecule is Cc1cccc(COc2cccc(CNC(=O)C3CCCCC3C(=O)O)c2)c1. The third-order valence-electron chi connectivity index (χ3n) is 5.27. The Morgan fingerprint density at radius 3 is 2.50 bits per heavy atom. The summed E-state index contributed by atoms with van der Waals surface area (Å²) in [5.74, 6) is -1.30. The van der Waals surface area contributed by atoms with Gasteiger partial charge in [-0.25, -0.2) is 0 Å². The summed E-state index contributed by atoms with van der Waals surface area (Å²) < 4.78 is 5.87. The normalized spacial score (nSPS) is 19.0. The molecule has 2 aromatic carbocycles. The van der Waals surface area contributed by atoms with Crippen LogP contribution < -0.4 is 10.1 Å². The minimum Gasteiger partial charge on any atom is -0.489 e. The maximum absolute atomic E-state index is 12.5. The number of carboxylic acid groups (broad SMARTS) is 1. The van der Waals surface area contributed by atoms with Crippen molar-refractivity contribution in [1.29, 1.82) is 0 Å². The summed E-state index contributed by atoms with van der Waals surface area (Å²) in [6, 6.07) is 15.8. The summed E-state index contributed by atoms with van der Waals surface area (Å²) in [5, 5.41) is 12.3. The Kier molecular flexibility index (Phi) is 6.69. The highest BCUT2D eigenvalue weighted by atomic mass is 16.5. The molecule has 0 bridgehead atoms. The van der Waals surface area contributed by atoms with Crippen LogP contribution in [0.2, 0.25) is 0 Å². The molecule has 2 atom stereocenters. The minimum absolute atomic E-state index is 0.168. The van der Waals surface area contributed by atoms with E-state index in [0.29, 0.717) is 26.0 Å². The van der Waals surface area contributed by atoms with Gasteiger partial charge in [-0.3, -0.25) is 9.59 Å². The third kappa shape index (κ3) is 5.35. The van der Waals surface area contributed by atoms with Crippen molar-refractivity contribution < 1.29 is 19.4 Å². The molecule has 1 aliphatic rings. The number of benzene rings is 2. The number of carbonyl (C=O) groups excluding carboxylic acids is 1. The first-order chi connectivity index (χ1) is 13.5. The van der Waals surface area contributed by atoms with Crippen LogP contribution in [0.15, 0.2) is 48.5 Å². The van der Waals surface area contributed by atoms with Gasteiger partial charge < -0.3 is 15.2 Å². The molecule has 0 saturated heterocycles. The van der Waals surface area contributed by atoms with Crippen LogP contribution in [0.5, 0.6) is 5.75 Å². The molecule has 2 N–H and O–H groups in total. The molecule has 148 valence electrons. The van der Waals surface area contributed by atoms with Crippen molar-refractivity contribution in [3.63, 3.8) is 0 Å². The Balaban J connectivity index is 1.55. The second-order valence-electron chi connectivity index (χ2n) is 7.48. The van der Waals surface area contributed by atoms with Crippen molar-refractivity contribution in [3.8, 4) is 5.75 Å². The predicted molar refractivity (Wildman–Crippen MR) is 107 cm³/mol. The van der Waals surface area contributed by atoms with Crippen LogP contribution in [0.3, 0.4) is 0 Å². The van der Waals surface area contributed by atoms with Gasteiger partial charge in [-0.2, -0.15) is 0 Å². The Hall–Kier alpha value is -2.82. The lowest BCUT2D eigenvalue weighted by Crippen LogP contribution is -2.39. The van der Waals surface area contributed by atoms with Gasteiger partial charge in [0, 0.05) is 6.54 Å². The van der Waals surface area contributed by atoms with Crippen molar-refractivity contribution >= 4 is 11.9 Å². The number of carboxylic acids is 1. The van der Waals surface area contributed by atoms with Crippen molar-refractivity contribution in [2.24, 2.45) is 11.8 Å². The van der Waals surface area contributed by atoms with E-state index in [9.17, 15) is 14.7 Å². The third-order valence-corrected chi connectivity index (χ3v) is 5.27. The number of aliphatic carboxylic acids is 1. The fourth-order valence-electron chi connectivity index (χ4n) is 3.77. The summed E-state index contributed by atoms with van der Waals surface area (Å²) in [6.45, 7) is 2.90. The molecule has 0 aliphatic heterocycles. The van der Waals surface area contributed by atoms with Crippen molar-refractivity contribution in [1.82, 2.24) is 5.32 Å². The van der Waals surface area contributed by atoms with E-state index in [2.05, 4.69) is 11.4 Å². The van der Waals surface area contributed by atoms with Crippen molar-refractivity contribution in [2.45, 2.75) is 45.8 Å². The summed E-state index contributed by atoms with van der Waals surface area (Å²) in [7, 11) is 0. The Labute approximate surface area is 165 Å². The average Bonchev–Trinajstić information content (AvgIpc) is 2.71. The van der Waals surface area contributed by atoms with E-state index in [-0.39, 0.29) is 5.91 Å².